The van der Waals surface area contributed by atoms with Gasteiger partial charge in [0.25, 0.3) is 0 Å². The highest BCUT2D eigenvalue weighted by Crippen LogP contribution is 2.43. The Bertz CT molecular complexity index is 1240. The number of carboxylic acids is 1. The van der Waals surface area contributed by atoms with Crippen molar-refractivity contribution in [1.82, 2.24) is 0 Å². The lowest BCUT2D eigenvalue weighted by Gasteiger charge is -2.24. The van der Waals surface area contributed by atoms with Gasteiger partial charge in [-0.05, 0) is 41.0 Å². The minimum absolute atomic E-state index is 0.00965. The Kier molecular flexibility index (Phi) is 9.67. The lowest BCUT2D eigenvalue weighted by Crippen LogP contribution is -2.17. The molecule has 0 aromatic heterocycles. The second-order valence-electron chi connectivity index (χ2n) is 8.06. The molecule has 0 radical (unpaired) electrons. The lowest BCUT2D eigenvalue weighted by atomic mass is 10.0. The number of carboxylic acid groups (broad SMARTS) is 1. The number of hydrogen-bond acceptors (Lipinski definition) is 6. The molecular weight excluding hydrogens is 512 g/mol. The minimum atomic E-state index is -4.70. The summed E-state index contributed by atoms with van der Waals surface area (Å²) in [7, 11) is 3.86. The molecule has 7 nitrogen and oxygen atoms in total. The molecular formula is C27H26F4O7. The van der Waals surface area contributed by atoms with Gasteiger partial charge in [-0.3, -0.25) is 4.79 Å². The van der Waals surface area contributed by atoms with E-state index in [0.29, 0.717) is 22.4 Å². The van der Waals surface area contributed by atoms with Crippen molar-refractivity contribution in [2.75, 3.05) is 28.1 Å². The van der Waals surface area contributed by atoms with E-state index in [-0.39, 0.29) is 17.7 Å². The minimum Gasteiger partial charge on any atom is -0.489 e. The number of alkyl halides is 3. The number of rotatable bonds is 12. The Morgan fingerprint density at radius 3 is 2.08 bits per heavy atom. The van der Waals surface area contributed by atoms with E-state index in [1.54, 1.807) is 30.3 Å². The summed E-state index contributed by atoms with van der Waals surface area (Å²) in [5, 5.41) is 8.86. The summed E-state index contributed by atoms with van der Waals surface area (Å²) in [5.74, 6) is -1.85. The standard InChI is InChI=1S/C27H26F4O7/c1-34-15-38-25-21(27(29,30)31)11-8-19(24(25)26(35-2)36-3)14-37-20-9-6-16(7-10-20)17-4-5-18(13-23(32)33)22(28)12-17/h4-12,26H,13-15H2,1-3H3,(H,32,33). The van der Waals surface area contributed by atoms with Crippen LogP contribution in [0.2, 0.25) is 0 Å². The summed E-state index contributed by atoms with van der Waals surface area (Å²) in [5.41, 5.74) is 0.596. The van der Waals surface area contributed by atoms with Crippen molar-refractivity contribution in [3.05, 3.63) is 82.7 Å². The molecule has 3 aromatic rings. The summed E-state index contributed by atoms with van der Waals surface area (Å²) in [6, 6.07) is 13.0. The van der Waals surface area contributed by atoms with Gasteiger partial charge in [-0.25, -0.2) is 4.39 Å². The van der Waals surface area contributed by atoms with Crippen LogP contribution in [0.5, 0.6) is 11.5 Å². The summed E-state index contributed by atoms with van der Waals surface area (Å²) < 4.78 is 81.8. The number of ether oxygens (including phenoxy) is 5. The Morgan fingerprint density at radius 2 is 1.53 bits per heavy atom. The predicted octanol–water partition coefficient (Wildman–Crippen LogP) is 5.99. The summed E-state index contributed by atoms with van der Waals surface area (Å²) in [6.45, 7) is -0.572. The zero-order valence-corrected chi connectivity index (χ0v) is 20.8. The number of methoxy groups -OCH3 is 3. The summed E-state index contributed by atoms with van der Waals surface area (Å²) >= 11 is 0. The third-order valence-electron chi connectivity index (χ3n) is 5.55. The molecule has 0 aliphatic carbocycles. The van der Waals surface area contributed by atoms with Crippen molar-refractivity contribution in [1.29, 1.82) is 0 Å². The highest BCUT2D eigenvalue weighted by atomic mass is 19.4. The smallest absolute Gasteiger partial charge is 0.419 e. The molecule has 0 aliphatic rings. The van der Waals surface area contributed by atoms with E-state index in [1.165, 1.54) is 39.5 Å². The average molecular weight is 538 g/mol. The number of benzene rings is 3. The Balaban J connectivity index is 1.87. The van der Waals surface area contributed by atoms with Crippen LogP contribution >= 0.6 is 0 Å². The van der Waals surface area contributed by atoms with Crippen molar-refractivity contribution >= 4 is 5.97 Å². The maximum Gasteiger partial charge on any atom is 0.419 e. The van der Waals surface area contributed by atoms with E-state index in [9.17, 15) is 22.4 Å². The fourth-order valence-corrected chi connectivity index (χ4v) is 3.79. The van der Waals surface area contributed by atoms with Crippen LogP contribution in [0.3, 0.4) is 0 Å². The number of aliphatic carboxylic acids is 1. The van der Waals surface area contributed by atoms with Gasteiger partial charge in [0.2, 0.25) is 0 Å². The molecule has 0 saturated carbocycles. The second-order valence-corrected chi connectivity index (χ2v) is 8.06. The monoisotopic (exact) mass is 538 g/mol. The molecule has 1 N–H and O–H groups in total. The van der Waals surface area contributed by atoms with Gasteiger partial charge >= 0.3 is 12.1 Å². The molecule has 0 spiro atoms. The van der Waals surface area contributed by atoms with Crippen LogP contribution in [0.25, 0.3) is 11.1 Å². The molecule has 0 aliphatic heterocycles. The number of halogens is 4. The van der Waals surface area contributed by atoms with E-state index < -0.39 is 48.8 Å². The SMILES string of the molecule is COCOc1c(C(F)(F)F)ccc(COc2ccc(-c3ccc(CC(=O)O)c(F)c3)cc2)c1C(OC)OC. The highest BCUT2D eigenvalue weighted by molar-refractivity contribution is 5.71. The third-order valence-corrected chi connectivity index (χ3v) is 5.55. The van der Waals surface area contributed by atoms with Gasteiger partial charge in [-0.15, -0.1) is 0 Å². The normalized spacial score (nSPS) is 11.6. The van der Waals surface area contributed by atoms with Crippen molar-refractivity contribution < 1.29 is 51.1 Å². The number of hydrogen-bond donors (Lipinski definition) is 1. The number of carbonyl (C=O) groups is 1. The third kappa shape index (κ3) is 7.00. The summed E-state index contributed by atoms with van der Waals surface area (Å²) in [4.78, 5) is 10.8. The Labute approximate surface area is 216 Å². The summed E-state index contributed by atoms with van der Waals surface area (Å²) in [6.07, 6.45) is -6.30. The van der Waals surface area contributed by atoms with Gasteiger partial charge in [0, 0.05) is 26.9 Å². The molecule has 3 rings (SSSR count). The second kappa shape index (κ2) is 12.7. The molecule has 3 aromatic carbocycles. The van der Waals surface area contributed by atoms with Crippen LogP contribution in [-0.2, 0) is 38.2 Å². The first-order chi connectivity index (χ1) is 18.1. The van der Waals surface area contributed by atoms with Gasteiger partial charge in [-0.2, -0.15) is 13.2 Å². The van der Waals surface area contributed by atoms with Crippen molar-refractivity contribution in [3.63, 3.8) is 0 Å². The van der Waals surface area contributed by atoms with Gasteiger partial charge < -0.3 is 28.8 Å². The van der Waals surface area contributed by atoms with Gasteiger partial charge in [0.15, 0.2) is 13.1 Å². The molecule has 38 heavy (non-hydrogen) atoms. The van der Waals surface area contributed by atoms with Crippen LogP contribution in [0, 0.1) is 5.82 Å². The Morgan fingerprint density at radius 1 is 0.895 bits per heavy atom. The van der Waals surface area contributed by atoms with Gasteiger partial charge in [0.1, 0.15) is 23.9 Å². The van der Waals surface area contributed by atoms with Gasteiger partial charge in [-0.1, -0.05) is 30.3 Å². The topological polar surface area (TPSA) is 83.5 Å². The van der Waals surface area contributed by atoms with Crippen LogP contribution in [0.15, 0.2) is 54.6 Å². The first-order valence-corrected chi connectivity index (χ1v) is 11.2. The quantitative estimate of drug-likeness (QED) is 0.224. The Hall–Kier alpha value is -3.67. The first kappa shape index (κ1) is 28.9. The van der Waals surface area contributed by atoms with Crippen LogP contribution < -0.4 is 9.47 Å². The highest BCUT2D eigenvalue weighted by Gasteiger charge is 2.38. The zero-order chi connectivity index (χ0) is 27.9. The molecule has 204 valence electrons. The van der Waals surface area contributed by atoms with Crippen LogP contribution in [0.1, 0.15) is 28.5 Å². The molecule has 11 heteroatoms. The van der Waals surface area contributed by atoms with Gasteiger partial charge in [0.05, 0.1) is 17.5 Å². The van der Waals surface area contributed by atoms with E-state index in [0.717, 1.165) is 6.07 Å². The fraction of sp³-hybridized carbons (Fsp3) is 0.296. The zero-order valence-electron chi connectivity index (χ0n) is 20.8. The molecule has 0 fully saturated rings. The fourth-order valence-electron chi connectivity index (χ4n) is 3.79. The van der Waals surface area contributed by atoms with E-state index in [4.69, 9.17) is 28.8 Å². The van der Waals surface area contributed by atoms with Crippen LogP contribution in [-0.4, -0.2) is 39.2 Å². The molecule has 0 heterocycles. The molecule has 0 bridgehead atoms. The van der Waals surface area contributed by atoms with Crippen LogP contribution in [0.4, 0.5) is 17.6 Å². The maximum atomic E-state index is 14.3. The average Bonchev–Trinajstić information content (AvgIpc) is 2.88. The molecule has 0 saturated heterocycles. The van der Waals surface area contributed by atoms with Crippen molar-refractivity contribution in [2.45, 2.75) is 25.5 Å². The largest absolute Gasteiger partial charge is 0.489 e. The van der Waals surface area contributed by atoms with E-state index >= 15 is 0 Å². The lowest BCUT2D eigenvalue weighted by molar-refractivity contribution is -0.141. The van der Waals surface area contributed by atoms with Crippen molar-refractivity contribution in [2.24, 2.45) is 0 Å². The van der Waals surface area contributed by atoms with E-state index in [1.807, 2.05) is 0 Å². The van der Waals surface area contributed by atoms with Crippen molar-refractivity contribution in [3.8, 4) is 22.6 Å². The molecule has 0 amide bonds. The predicted molar refractivity (Wildman–Crippen MR) is 128 cm³/mol. The molecule has 0 unspecified atom stereocenters. The first-order valence-electron chi connectivity index (χ1n) is 11.2. The maximum absolute atomic E-state index is 14.3. The van der Waals surface area contributed by atoms with E-state index in [2.05, 4.69) is 0 Å². The molecule has 0 atom stereocenters.